The molecular formula is C20H19BrFN5O2S. The van der Waals surface area contributed by atoms with E-state index >= 15 is 0 Å². The molecule has 2 N–H and O–H groups in total. The van der Waals surface area contributed by atoms with Gasteiger partial charge in [-0.15, -0.1) is 10.2 Å². The molecule has 156 valence electrons. The van der Waals surface area contributed by atoms with Crippen LogP contribution in [0.25, 0.3) is 0 Å². The minimum atomic E-state index is -0.371. The zero-order valence-electron chi connectivity index (χ0n) is 16.1. The lowest BCUT2D eigenvalue weighted by Crippen LogP contribution is -2.18. The summed E-state index contributed by atoms with van der Waals surface area (Å²) in [5.41, 5.74) is 1.21. The Kier molecular flexibility index (Phi) is 7.58. The molecule has 0 radical (unpaired) electrons. The first-order valence-corrected chi connectivity index (χ1v) is 10.9. The van der Waals surface area contributed by atoms with Crippen molar-refractivity contribution in [2.45, 2.75) is 25.0 Å². The van der Waals surface area contributed by atoms with E-state index in [9.17, 15) is 14.0 Å². The number of nitrogens with zero attached hydrogens (tertiary/aromatic N) is 3. The number of amides is 2. The summed E-state index contributed by atoms with van der Waals surface area (Å²) in [6.45, 7) is 2.47. The second-order valence-electron chi connectivity index (χ2n) is 6.22. The van der Waals surface area contributed by atoms with Crippen molar-refractivity contribution in [2.24, 2.45) is 0 Å². The average Bonchev–Trinajstić information content (AvgIpc) is 3.11. The standard InChI is InChI=1S/C20H19BrFN5O2S/c1-2-27-17(11-18(28)23-16-9-5-14(22)6-10-16)25-26-20(27)30-12-19(29)24-15-7-3-13(21)4-8-15/h3-10H,2,11-12H2,1H3,(H,23,28)(H,24,29). The SMILES string of the molecule is CCn1c(CC(=O)Nc2ccc(F)cc2)nnc1SCC(=O)Nc1ccc(Br)cc1. The third-order valence-corrected chi connectivity index (χ3v) is 5.51. The van der Waals surface area contributed by atoms with E-state index in [0.29, 0.717) is 28.9 Å². The van der Waals surface area contributed by atoms with E-state index in [1.807, 2.05) is 19.1 Å². The first-order valence-electron chi connectivity index (χ1n) is 9.10. The van der Waals surface area contributed by atoms with Crippen molar-refractivity contribution in [3.05, 3.63) is 64.6 Å². The van der Waals surface area contributed by atoms with Crippen LogP contribution in [0.5, 0.6) is 0 Å². The largest absolute Gasteiger partial charge is 0.326 e. The van der Waals surface area contributed by atoms with E-state index in [1.54, 1.807) is 16.7 Å². The molecule has 7 nitrogen and oxygen atoms in total. The summed E-state index contributed by atoms with van der Waals surface area (Å²) in [6.07, 6.45) is 0.0177. The molecule has 1 heterocycles. The van der Waals surface area contributed by atoms with Crippen molar-refractivity contribution >= 4 is 50.9 Å². The van der Waals surface area contributed by atoms with Gasteiger partial charge in [-0.2, -0.15) is 0 Å². The van der Waals surface area contributed by atoms with Gasteiger partial charge in [0, 0.05) is 22.4 Å². The highest BCUT2D eigenvalue weighted by Gasteiger charge is 2.16. The number of carbonyl (C=O) groups excluding carboxylic acids is 2. The summed E-state index contributed by atoms with van der Waals surface area (Å²) < 4.78 is 15.7. The molecular weight excluding hydrogens is 473 g/mol. The fourth-order valence-electron chi connectivity index (χ4n) is 2.62. The Morgan fingerprint density at radius 2 is 1.60 bits per heavy atom. The third kappa shape index (κ3) is 6.14. The van der Waals surface area contributed by atoms with E-state index in [-0.39, 0.29) is 29.8 Å². The van der Waals surface area contributed by atoms with Crippen LogP contribution in [-0.4, -0.2) is 32.3 Å². The van der Waals surface area contributed by atoms with Gasteiger partial charge in [0.2, 0.25) is 11.8 Å². The Balaban J connectivity index is 1.56. The van der Waals surface area contributed by atoms with Crippen molar-refractivity contribution in [3.63, 3.8) is 0 Å². The first kappa shape index (κ1) is 22.0. The number of thioether (sulfide) groups is 1. The molecule has 0 aliphatic rings. The molecule has 3 rings (SSSR count). The second-order valence-corrected chi connectivity index (χ2v) is 8.08. The van der Waals surface area contributed by atoms with Crippen molar-refractivity contribution in [2.75, 3.05) is 16.4 Å². The molecule has 30 heavy (non-hydrogen) atoms. The summed E-state index contributed by atoms with van der Waals surface area (Å²) in [6, 6.07) is 12.8. The molecule has 3 aromatic rings. The van der Waals surface area contributed by atoms with Crippen LogP contribution in [0.3, 0.4) is 0 Å². The van der Waals surface area contributed by atoms with Gasteiger partial charge in [0.15, 0.2) is 5.16 Å². The van der Waals surface area contributed by atoms with Gasteiger partial charge in [-0.3, -0.25) is 9.59 Å². The maximum atomic E-state index is 13.0. The molecule has 0 unspecified atom stereocenters. The van der Waals surface area contributed by atoms with Gasteiger partial charge in [-0.05, 0) is 55.5 Å². The molecule has 0 saturated heterocycles. The van der Waals surface area contributed by atoms with Gasteiger partial charge in [0.25, 0.3) is 0 Å². The summed E-state index contributed by atoms with van der Waals surface area (Å²) in [4.78, 5) is 24.5. The Bertz CT molecular complexity index is 1020. The number of aromatic nitrogens is 3. The van der Waals surface area contributed by atoms with Gasteiger partial charge in [-0.1, -0.05) is 27.7 Å². The van der Waals surface area contributed by atoms with Crippen LogP contribution >= 0.6 is 27.7 Å². The molecule has 10 heteroatoms. The van der Waals surface area contributed by atoms with Crippen LogP contribution in [0.15, 0.2) is 58.2 Å². The molecule has 2 amide bonds. The van der Waals surface area contributed by atoms with Crippen molar-refractivity contribution < 1.29 is 14.0 Å². The third-order valence-electron chi connectivity index (χ3n) is 4.02. The number of rotatable bonds is 8. The molecule has 0 aliphatic heterocycles. The van der Waals surface area contributed by atoms with E-state index in [2.05, 4.69) is 36.8 Å². The fourth-order valence-corrected chi connectivity index (χ4v) is 3.70. The van der Waals surface area contributed by atoms with Gasteiger partial charge in [-0.25, -0.2) is 4.39 Å². The Hall–Kier alpha value is -2.72. The van der Waals surface area contributed by atoms with E-state index in [1.165, 1.54) is 36.0 Å². The van der Waals surface area contributed by atoms with Gasteiger partial charge < -0.3 is 15.2 Å². The number of halogens is 2. The molecule has 0 bridgehead atoms. The number of nitrogens with one attached hydrogen (secondary N) is 2. The highest BCUT2D eigenvalue weighted by molar-refractivity contribution is 9.10. The maximum Gasteiger partial charge on any atom is 0.234 e. The number of carbonyl (C=O) groups is 2. The lowest BCUT2D eigenvalue weighted by Gasteiger charge is -2.08. The van der Waals surface area contributed by atoms with Crippen molar-refractivity contribution in [1.29, 1.82) is 0 Å². The van der Waals surface area contributed by atoms with Gasteiger partial charge in [0.1, 0.15) is 11.6 Å². The zero-order chi connectivity index (χ0) is 21.5. The highest BCUT2D eigenvalue weighted by Crippen LogP contribution is 2.19. The van der Waals surface area contributed by atoms with E-state index in [4.69, 9.17) is 0 Å². The number of hydrogen-bond acceptors (Lipinski definition) is 5. The molecule has 1 aromatic heterocycles. The average molecular weight is 492 g/mol. The second kappa shape index (κ2) is 10.4. The van der Waals surface area contributed by atoms with Crippen molar-refractivity contribution in [3.8, 4) is 0 Å². The Morgan fingerprint density at radius 1 is 1.00 bits per heavy atom. The molecule has 0 saturated carbocycles. The summed E-state index contributed by atoms with van der Waals surface area (Å²) in [5, 5.41) is 14.3. The van der Waals surface area contributed by atoms with Crippen LogP contribution in [-0.2, 0) is 22.6 Å². The number of anilines is 2. The summed E-state index contributed by atoms with van der Waals surface area (Å²) in [7, 11) is 0. The molecule has 0 aliphatic carbocycles. The van der Waals surface area contributed by atoms with Crippen LogP contribution in [0.2, 0.25) is 0 Å². The molecule has 0 atom stereocenters. The first-order chi connectivity index (χ1) is 14.4. The van der Waals surface area contributed by atoms with Crippen LogP contribution < -0.4 is 10.6 Å². The lowest BCUT2D eigenvalue weighted by molar-refractivity contribution is -0.116. The zero-order valence-corrected chi connectivity index (χ0v) is 18.5. The van der Waals surface area contributed by atoms with Gasteiger partial charge >= 0.3 is 0 Å². The lowest BCUT2D eigenvalue weighted by atomic mass is 10.3. The predicted octanol–water partition coefficient (Wildman–Crippen LogP) is 4.11. The maximum absolute atomic E-state index is 13.0. The fraction of sp³-hybridized carbons (Fsp3) is 0.200. The Labute approximate surface area is 185 Å². The Morgan fingerprint density at radius 3 is 2.23 bits per heavy atom. The minimum absolute atomic E-state index is 0.0177. The van der Waals surface area contributed by atoms with E-state index in [0.717, 1.165) is 4.47 Å². The summed E-state index contributed by atoms with van der Waals surface area (Å²) in [5.74, 6) is -0.162. The molecule has 0 spiro atoms. The number of hydrogen-bond donors (Lipinski definition) is 2. The normalized spacial score (nSPS) is 10.6. The highest BCUT2D eigenvalue weighted by atomic mass is 79.9. The predicted molar refractivity (Wildman–Crippen MR) is 118 cm³/mol. The monoisotopic (exact) mass is 491 g/mol. The van der Waals surface area contributed by atoms with Crippen molar-refractivity contribution in [1.82, 2.24) is 14.8 Å². The topological polar surface area (TPSA) is 88.9 Å². The summed E-state index contributed by atoms with van der Waals surface area (Å²) >= 11 is 4.60. The van der Waals surface area contributed by atoms with Crippen LogP contribution in [0.1, 0.15) is 12.7 Å². The number of benzene rings is 2. The molecule has 0 fully saturated rings. The minimum Gasteiger partial charge on any atom is -0.326 e. The van der Waals surface area contributed by atoms with Gasteiger partial charge in [0.05, 0.1) is 12.2 Å². The van der Waals surface area contributed by atoms with Crippen LogP contribution in [0.4, 0.5) is 15.8 Å². The van der Waals surface area contributed by atoms with Crippen LogP contribution in [0, 0.1) is 5.82 Å². The quantitative estimate of drug-likeness (QED) is 0.462. The van der Waals surface area contributed by atoms with E-state index < -0.39 is 0 Å². The smallest absolute Gasteiger partial charge is 0.234 e. The molecule has 2 aromatic carbocycles.